The predicted octanol–water partition coefficient (Wildman–Crippen LogP) is 21.0. The van der Waals surface area contributed by atoms with Crippen molar-refractivity contribution in [3.63, 3.8) is 0 Å². The molecule has 18 heteroatoms. The number of imide groups is 1. The average Bonchev–Trinajstić information content (AvgIpc) is 1.71. The summed E-state index contributed by atoms with van der Waals surface area (Å²) in [5.74, 6) is 3.27. The van der Waals surface area contributed by atoms with Crippen molar-refractivity contribution in [2.75, 3.05) is 6.61 Å². The van der Waals surface area contributed by atoms with E-state index in [2.05, 4.69) is 20.8 Å². The van der Waals surface area contributed by atoms with Gasteiger partial charge in [0.25, 0.3) is 10.1 Å². The Kier molecular flexibility index (Phi) is 39.3. The van der Waals surface area contributed by atoms with Crippen LogP contribution in [0.1, 0.15) is 372 Å². The highest BCUT2D eigenvalue weighted by Gasteiger charge is 2.66. The lowest BCUT2D eigenvalue weighted by atomic mass is 9.49. The average molecular weight is 1490 g/mol. The van der Waals surface area contributed by atoms with E-state index < -0.39 is 62.6 Å². The number of fused-ring (bicyclic) bond motifs is 2. The van der Waals surface area contributed by atoms with E-state index in [4.69, 9.17) is 27.9 Å². The first-order valence-electron chi connectivity index (χ1n) is 36.9. The molecule has 1 N–H and O–H groups in total. The van der Waals surface area contributed by atoms with Gasteiger partial charge in [0.1, 0.15) is 29.0 Å². The molecule has 0 aromatic rings. The quantitative estimate of drug-likeness (QED) is 0.0581. The van der Waals surface area contributed by atoms with Gasteiger partial charge in [0.2, 0.25) is 11.8 Å². The van der Waals surface area contributed by atoms with Gasteiger partial charge in [0, 0.05) is 23.7 Å². The first kappa shape index (κ1) is 104. The number of hydrogen-bond donors (Lipinski definition) is 1. The third-order valence-corrected chi connectivity index (χ3v) is 27.9. The Morgan fingerprint density at radius 3 is 1.42 bits per heavy atom. The molecule has 2 aliphatic heterocycles. The number of esters is 5. The van der Waals surface area contributed by atoms with Crippen molar-refractivity contribution < 1.29 is 75.0 Å². The van der Waals surface area contributed by atoms with E-state index >= 15 is 0 Å². The maximum atomic E-state index is 12.6. The zero-order valence-electron chi connectivity index (χ0n) is 60.4. The van der Waals surface area contributed by atoms with Crippen LogP contribution in [0, 0.1) is 80.3 Å². The summed E-state index contributed by atoms with van der Waals surface area (Å²) in [5.41, 5.74) is -3.31. The number of amides is 2. The molecule has 2 amide bonds. The van der Waals surface area contributed by atoms with Gasteiger partial charge in [-0.3, -0.25) is 37.9 Å². The molecule has 9 unspecified atom stereocenters. The Labute approximate surface area is 633 Å². The summed E-state index contributed by atoms with van der Waals surface area (Å²) in [6, 6.07) is 0.232. The third-order valence-electron chi connectivity index (χ3n) is 26.2. The molecule has 14 rings (SSSR count). The van der Waals surface area contributed by atoms with Gasteiger partial charge >= 0.3 is 29.8 Å². The van der Waals surface area contributed by atoms with Crippen molar-refractivity contribution >= 4 is 51.8 Å². The van der Waals surface area contributed by atoms with Crippen molar-refractivity contribution in [2.24, 2.45) is 80.3 Å². The summed E-state index contributed by atoms with van der Waals surface area (Å²) in [7, 11) is -3.53. The minimum absolute atomic E-state index is 0. The second-order valence-corrected chi connectivity index (χ2v) is 36.4. The Bertz CT molecular complexity index is 2790. The molecule has 12 aliphatic carbocycles. The van der Waals surface area contributed by atoms with E-state index in [9.17, 15) is 47.1 Å². The minimum atomic E-state index is -3.53. The second-order valence-electron chi connectivity index (χ2n) is 34.6. The van der Waals surface area contributed by atoms with Crippen molar-refractivity contribution in [1.29, 1.82) is 0 Å². The van der Waals surface area contributed by atoms with Crippen LogP contribution in [0.15, 0.2) is 0 Å². The van der Waals surface area contributed by atoms with E-state index in [0.717, 1.165) is 108 Å². The Morgan fingerprint density at radius 2 is 0.971 bits per heavy atom. The zero-order chi connectivity index (χ0) is 68.9. The molecule has 10 bridgehead atoms. The minimum Gasteiger partial charge on any atom is -0.459 e. The molecular formula is C85H163NO16S. The molecule has 0 aromatic carbocycles. The van der Waals surface area contributed by atoms with Crippen LogP contribution in [0.3, 0.4) is 0 Å². The normalized spacial score (nSPS) is 32.3. The summed E-state index contributed by atoms with van der Waals surface area (Å²) >= 11 is 0. The molecule has 2 heterocycles. The summed E-state index contributed by atoms with van der Waals surface area (Å²) < 4.78 is 57.3. The number of ether oxygens (including phenoxy) is 5. The zero-order valence-corrected chi connectivity index (χ0v) is 61.3. The topological polar surface area (TPSA) is 232 Å². The summed E-state index contributed by atoms with van der Waals surface area (Å²) in [6.45, 7) is 33.1. The monoisotopic (exact) mass is 1490 g/mol. The van der Waals surface area contributed by atoms with Crippen LogP contribution in [0.25, 0.3) is 0 Å². The van der Waals surface area contributed by atoms with E-state index in [1.807, 2.05) is 83.1 Å². The fourth-order valence-corrected chi connectivity index (χ4v) is 20.3. The number of nitrogens with zero attached hydrogens (tertiary/aromatic N) is 1. The summed E-state index contributed by atoms with van der Waals surface area (Å²) in [4.78, 5) is 86.3. The second kappa shape index (κ2) is 39.1. The van der Waals surface area contributed by atoms with E-state index in [1.165, 1.54) is 62.7 Å². The maximum absolute atomic E-state index is 12.6. The number of β-lactam (4-membered cyclic amide) rings is 1. The van der Waals surface area contributed by atoms with Gasteiger partial charge in [0.15, 0.2) is 6.61 Å². The standard InChI is InChI=1S/C18H30O2.C16H26O3.C15H22O7S.C14H26O2.C12H19NO2.10CH4/c1-5-17(3,4)16(19)20-18(6-2)14-8-12-7-13(10-14)11-15(18)9-12;1-4-14(2,3)13(17)19-16-8-11-5-12(9-16)7-15(18,6-11)10-16;1-4-15(2,3)14(17)20-7-11(16)21-12-8-5-9-10(6-8)23(18,19)22-13(9)12;1-5-13(3,4)12(15)16-14(6-2)10-8-7-9-11-14;1-4-12(2,3)11(15)13-9-7-5-6-8(9)10(13)14;;;;;;;;;;/h12-15H,5-11H2,1-4H3;11-12,18H,4-10H2,1-3H3;8-10,12-13H,4-7H2,1-3H3;5-11H2,1-4H3;8-9H,4-7H2,1-3H3;10*1H4. The van der Waals surface area contributed by atoms with Gasteiger partial charge in [-0.1, -0.05) is 149 Å². The molecule has 14 fully saturated rings. The Balaban J connectivity index is -0.00000119. The van der Waals surface area contributed by atoms with Gasteiger partial charge in [-0.2, -0.15) is 8.42 Å². The van der Waals surface area contributed by atoms with Gasteiger partial charge in [-0.15, -0.1) is 0 Å². The number of rotatable bonds is 18. The molecule has 12 saturated carbocycles. The van der Waals surface area contributed by atoms with Gasteiger partial charge < -0.3 is 28.8 Å². The first-order valence-corrected chi connectivity index (χ1v) is 38.3. The van der Waals surface area contributed by atoms with Crippen LogP contribution in [0.2, 0.25) is 0 Å². The van der Waals surface area contributed by atoms with Gasteiger partial charge in [-0.25, -0.2) is 4.79 Å². The maximum Gasteiger partial charge on any atom is 0.344 e. The van der Waals surface area contributed by atoms with Crippen LogP contribution in [-0.2, 0) is 71.5 Å². The fourth-order valence-electron chi connectivity index (χ4n) is 18.4. The lowest BCUT2D eigenvalue weighted by Gasteiger charge is -2.60. The molecule has 0 aromatic heterocycles. The van der Waals surface area contributed by atoms with E-state index in [1.54, 1.807) is 13.8 Å². The van der Waals surface area contributed by atoms with Crippen molar-refractivity contribution in [2.45, 2.75) is 418 Å². The van der Waals surface area contributed by atoms with Gasteiger partial charge in [-0.05, 0) is 251 Å². The molecule has 103 heavy (non-hydrogen) atoms. The number of aliphatic hydroxyl groups is 1. The predicted molar refractivity (Wildman–Crippen MR) is 422 cm³/mol. The molecule has 2 saturated heterocycles. The molecule has 17 nitrogen and oxygen atoms in total. The molecule has 610 valence electrons. The lowest BCUT2D eigenvalue weighted by molar-refractivity contribution is -0.225. The summed E-state index contributed by atoms with van der Waals surface area (Å²) in [5, 5.41) is 10.2. The number of carbonyl (C=O) groups is 7. The largest absolute Gasteiger partial charge is 0.459 e. The van der Waals surface area contributed by atoms with Gasteiger partial charge in [0.05, 0.1) is 44.5 Å². The fraction of sp³-hybridized carbons (Fsp3) is 0.918. The van der Waals surface area contributed by atoms with Crippen LogP contribution in [-0.4, -0.2) is 113 Å². The number of hydrogen-bond acceptors (Lipinski definition) is 16. The highest BCUT2D eigenvalue weighted by Crippen LogP contribution is 2.62. The molecule has 0 spiro atoms. The lowest BCUT2D eigenvalue weighted by Crippen LogP contribution is -2.63. The van der Waals surface area contributed by atoms with E-state index in [-0.39, 0.29) is 161 Å². The van der Waals surface area contributed by atoms with Crippen molar-refractivity contribution in [3.05, 3.63) is 0 Å². The van der Waals surface area contributed by atoms with Crippen LogP contribution >= 0.6 is 0 Å². The molecule has 14 aliphatic rings. The van der Waals surface area contributed by atoms with Crippen LogP contribution in [0.5, 0.6) is 0 Å². The smallest absolute Gasteiger partial charge is 0.344 e. The number of carbonyl (C=O) groups excluding carboxylic acids is 7. The SMILES string of the molecule is C.C.C.C.C.C.C.C.C.C.CCC(C)(C)C(=O)N1C(=O)C2CCCC21.CCC(C)(C)C(=O)OC1(CC)C2CC3CC(C2)CC1C3.CCC(C)(C)C(=O)OC12CC3CC(CC(O)(C3)C1)C2.CCC(C)(C)C(=O)OCC(=O)OC1C2CC3C1OS(=O)(=O)C3C2.CCC1(OC(=O)C(C)(C)CC)CCCCC1. The highest BCUT2D eigenvalue weighted by molar-refractivity contribution is 7.87. The Morgan fingerprint density at radius 1 is 0.524 bits per heavy atom. The van der Waals surface area contributed by atoms with Crippen molar-refractivity contribution in [1.82, 2.24) is 4.90 Å². The van der Waals surface area contributed by atoms with Crippen molar-refractivity contribution in [3.8, 4) is 0 Å². The summed E-state index contributed by atoms with van der Waals surface area (Å²) in [6.07, 6.45) is 27.1. The van der Waals surface area contributed by atoms with Crippen LogP contribution in [0.4, 0.5) is 0 Å². The molecule has 9 atom stereocenters. The highest BCUT2D eigenvalue weighted by atomic mass is 32.2. The van der Waals surface area contributed by atoms with Crippen LogP contribution < -0.4 is 0 Å². The Hall–Kier alpha value is -3.64. The molecular weight excluding hydrogens is 1320 g/mol. The third kappa shape index (κ3) is 21.9. The van der Waals surface area contributed by atoms with E-state index in [0.29, 0.717) is 49.4 Å². The molecule has 0 radical (unpaired) electrons. The first-order chi connectivity index (χ1) is 43.3. The number of likely N-dealkylation sites (tertiary alicyclic amines) is 1.